The van der Waals surface area contributed by atoms with Crippen LogP contribution < -0.4 is 11.5 Å². The van der Waals surface area contributed by atoms with Crippen LogP contribution in [0.4, 0.5) is 11.4 Å². The monoisotopic (exact) mass is 539 g/mol. The van der Waals surface area contributed by atoms with Gasteiger partial charge in [-0.3, -0.25) is 4.79 Å². The van der Waals surface area contributed by atoms with E-state index in [9.17, 15) is 9.59 Å². The number of carboxylic acids is 2. The van der Waals surface area contributed by atoms with Gasteiger partial charge in [0.2, 0.25) is 0 Å². The van der Waals surface area contributed by atoms with Crippen LogP contribution in [0.15, 0.2) is 54.6 Å². The van der Waals surface area contributed by atoms with Gasteiger partial charge in [-0.25, -0.2) is 4.79 Å². The summed E-state index contributed by atoms with van der Waals surface area (Å²) in [6.07, 6.45) is 3.34. The average Bonchev–Trinajstić information content (AvgIpc) is 2.54. The Morgan fingerprint density at radius 1 is 0.897 bits per heavy atom. The van der Waals surface area contributed by atoms with Gasteiger partial charge in [0, 0.05) is 45.7 Å². The van der Waals surface area contributed by atoms with Crippen LogP contribution in [0.2, 0.25) is 0 Å². The number of hydrogen-bond acceptors (Lipinski definition) is 4. The molecule has 0 aromatic heterocycles. The van der Waals surface area contributed by atoms with Crippen molar-refractivity contribution < 1.29 is 41.7 Å². The quantitative estimate of drug-likeness (QED) is 0.186. The van der Waals surface area contributed by atoms with Gasteiger partial charge in [-0.15, -0.1) is 24.8 Å². The molecule has 0 saturated carbocycles. The van der Waals surface area contributed by atoms with Gasteiger partial charge in [0.15, 0.2) is 0 Å². The Morgan fingerprint density at radius 3 is 1.69 bits per heavy atom. The largest absolute Gasteiger partial charge is 0.481 e. The molecule has 0 radical (unpaired) electrons. The van der Waals surface area contributed by atoms with E-state index in [1.807, 2.05) is 12.1 Å². The average molecular weight is 541 g/mol. The predicted octanol–water partition coefficient (Wildman–Crippen LogP) is 4.83. The zero-order chi connectivity index (χ0) is 17.9. The molecule has 0 aliphatic rings. The number of carbonyl (C=O) groups is 2. The number of rotatable bonds is 5. The molecule has 0 saturated heterocycles. The summed E-state index contributed by atoms with van der Waals surface area (Å²) in [6, 6.07) is 14.2. The zero-order valence-electron chi connectivity index (χ0n) is 15.2. The van der Waals surface area contributed by atoms with Crippen molar-refractivity contribution in [1.29, 1.82) is 0 Å². The van der Waals surface area contributed by atoms with Crippen molar-refractivity contribution in [2.24, 2.45) is 0 Å². The Morgan fingerprint density at radius 2 is 1.31 bits per heavy atom. The summed E-state index contributed by atoms with van der Waals surface area (Å²) in [5, 5.41) is 16.7. The van der Waals surface area contributed by atoms with Gasteiger partial charge < -0.3 is 29.1 Å². The summed E-state index contributed by atoms with van der Waals surface area (Å²) < 4.78 is 0. The van der Waals surface area contributed by atoms with Crippen molar-refractivity contribution in [3.63, 3.8) is 0 Å². The Labute approximate surface area is 200 Å². The van der Waals surface area contributed by atoms with Gasteiger partial charge >= 0.3 is 11.9 Å². The summed E-state index contributed by atoms with van der Waals surface area (Å²) >= 11 is 0. The summed E-state index contributed by atoms with van der Waals surface area (Å²) in [4.78, 5) is 20.3. The molecule has 6 N–H and O–H groups in total. The second-order valence-electron chi connectivity index (χ2n) is 4.97. The first-order valence-corrected chi connectivity index (χ1v) is 7.19. The van der Waals surface area contributed by atoms with Crippen LogP contribution in [-0.4, -0.2) is 22.2 Å². The first kappa shape index (κ1) is 37.7. The van der Waals surface area contributed by atoms with E-state index in [1.165, 1.54) is 6.08 Å². The van der Waals surface area contributed by atoms with Crippen LogP contribution >= 0.6 is 24.8 Å². The number of anilines is 2. The second-order valence-corrected chi connectivity index (χ2v) is 4.97. The maximum atomic E-state index is 10.2. The van der Waals surface area contributed by atoms with Crippen LogP contribution in [0.25, 0.3) is 6.08 Å². The fraction of sp³-hybridized carbons (Fsp3) is 0.150. The van der Waals surface area contributed by atoms with Crippen LogP contribution in [0.5, 0.6) is 0 Å². The van der Waals surface area contributed by atoms with Gasteiger partial charge in [-0.05, 0) is 47.9 Å². The number of carboxylic acid groups (broad SMARTS) is 2. The molecule has 29 heavy (non-hydrogen) atoms. The molecule has 0 fully saturated rings. The maximum absolute atomic E-state index is 10.2. The fourth-order valence-corrected chi connectivity index (χ4v) is 1.71. The SMILES string of the molecule is C.Cl.Cl.Nc1ccc(/C=C/C(=O)O)cc1.Nc1ccc(CCC(=O)O)cc1.[CH3-].[HH].[Pd]. The van der Waals surface area contributed by atoms with E-state index in [2.05, 4.69) is 0 Å². The number of halogens is 2. The third-order valence-corrected chi connectivity index (χ3v) is 2.96. The summed E-state index contributed by atoms with van der Waals surface area (Å²) in [5.74, 6) is -1.72. The Balaban J connectivity index is -0.0000000800. The molecule has 0 aliphatic heterocycles. The van der Waals surface area contributed by atoms with Gasteiger partial charge in [-0.2, -0.15) is 0 Å². The van der Waals surface area contributed by atoms with Crippen LogP contribution in [0.3, 0.4) is 0 Å². The van der Waals surface area contributed by atoms with Gasteiger partial charge in [0.1, 0.15) is 0 Å². The van der Waals surface area contributed by atoms with Crippen molar-refractivity contribution in [2.75, 3.05) is 11.5 Å². The summed E-state index contributed by atoms with van der Waals surface area (Å²) in [5.41, 5.74) is 14.1. The second kappa shape index (κ2) is 20.7. The number of hydrogen-bond donors (Lipinski definition) is 4. The predicted molar refractivity (Wildman–Crippen MR) is 124 cm³/mol. The van der Waals surface area contributed by atoms with Crippen molar-refractivity contribution in [1.82, 2.24) is 0 Å². The molecule has 0 unspecified atom stereocenters. The number of nitrogen functional groups attached to an aromatic ring is 2. The van der Waals surface area contributed by atoms with Crippen molar-refractivity contribution in [2.45, 2.75) is 20.3 Å². The van der Waals surface area contributed by atoms with Gasteiger partial charge in [0.25, 0.3) is 0 Å². The van der Waals surface area contributed by atoms with E-state index < -0.39 is 11.9 Å². The molecule has 6 nitrogen and oxygen atoms in total. The minimum absolute atomic E-state index is 0. The number of benzene rings is 2. The molecular formula is C20H31Cl2N2O4Pd-. The Bertz CT molecular complexity index is 716. The maximum Gasteiger partial charge on any atom is 0.328 e. The minimum atomic E-state index is -0.952. The molecule has 9 heteroatoms. The molecule has 170 valence electrons. The van der Waals surface area contributed by atoms with Crippen molar-refractivity contribution >= 4 is 54.2 Å². The molecule has 0 spiro atoms. The molecule has 0 heterocycles. The Hall–Kier alpha value is -2.04. The number of aliphatic carboxylic acids is 2. The summed E-state index contributed by atoms with van der Waals surface area (Å²) in [7, 11) is 0. The topological polar surface area (TPSA) is 127 Å². The van der Waals surface area contributed by atoms with Crippen LogP contribution in [-0.2, 0) is 36.4 Å². The van der Waals surface area contributed by atoms with E-state index in [1.54, 1.807) is 36.4 Å². The van der Waals surface area contributed by atoms with Gasteiger partial charge in [0.05, 0.1) is 0 Å². The molecule has 0 amide bonds. The van der Waals surface area contributed by atoms with E-state index in [0.717, 1.165) is 17.2 Å². The first-order chi connectivity index (χ1) is 11.4. The van der Waals surface area contributed by atoms with Crippen LogP contribution in [0.1, 0.15) is 26.4 Å². The normalized spacial score (nSPS) is 8.28. The molecule has 0 aliphatic carbocycles. The van der Waals surface area contributed by atoms with E-state index >= 15 is 0 Å². The minimum Gasteiger partial charge on any atom is -0.481 e. The zero-order valence-corrected chi connectivity index (χ0v) is 18.4. The third kappa shape index (κ3) is 19.1. The molecule has 0 bridgehead atoms. The van der Waals surface area contributed by atoms with Crippen LogP contribution in [0, 0.1) is 7.43 Å². The number of nitrogens with two attached hydrogens (primary N) is 2. The first-order valence-electron chi connectivity index (χ1n) is 7.19. The molecule has 2 aromatic carbocycles. The van der Waals surface area contributed by atoms with E-state index in [0.29, 0.717) is 17.8 Å². The number of aryl methyl sites for hydroxylation is 1. The molecule has 0 atom stereocenters. The third-order valence-electron chi connectivity index (χ3n) is 2.96. The molecule has 2 aromatic rings. The fourth-order valence-electron chi connectivity index (χ4n) is 1.71. The summed E-state index contributed by atoms with van der Waals surface area (Å²) in [6.45, 7) is 0. The molecular weight excluding hydrogens is 510 g/mol. The van der Waals surface area contributed by atoms with Gasteiger partial charge in [-0.1, -0.05) is 31.7 Å². The van der Waals surface area contributed by atoms with E-state index in [-0.39, 0.29) is 67.9 Å². The van der Waals surface area contributed by atoms with Crippen molar-refractivity contribution in [3.05, 3.63) is 73.2 Å². The Kier molecular flexibility index (Phi) is 26.9. The van der Waals surface area contributed by atoms with Crippen molar-refractivity contribution in [3.8, 4) is 0 Å². The smallest absolute Gasteiger partial charge is 0.328 e. The van der Waals surface area contributed by atoms with E-state index in [4.69, 9.17) is 21.7 Å². The molecule has 2 rings (SSSR count). The standard InChI is InChI=1S/C9H11NO2.C9H9NO2.CH4.CH3.2ClH.Pd.H2/c2*10-8-4-1-7(2-5-8)3-6-9(11)12;;;;;;/h1-2,4-5H,3,6,10H2,(H,11,12);1-6H,10H2,(H,11,12);1H4;1H3;2*1H;;1H/q;;;-1;;;;/b;6-3+;;;;;;.